The van der Waals surface area contributed by atoms with Crippen LogP contribution in [-0.4, -0.2) is 62.6 Å². The molecule has 1 fully saturated rings. The van der Waals surface area contributed by atoms with Gasteiger partial charge < -0.3 is 20.3 Å². The first-order valence-corrected chi connectivity index (χ1v) is 9.59. The minimum absolute atomic E-state index is 0.0331. The van der Waals surface area contributed by atoms with E-state index in [-0.39, 0.29) is 17.8 Å². The standard InChI is InChI=1S/C19H27ClN4O3/c1-3-27-18(26)14-8-12-24(13-9-14)19(21-2)23-11-10-22-17(25)15-6-4-5-7-16(15)20/h4-7,14H,3,8-13H2,1-2H3,(H,21,23)(H,22,25). The Morgan fingerprint density at radius 3 is 2.52 bits per heavy atom. The fourth-order valence-electron chi connectivity index (χ4n) is 3.01. The molecule has 1 aliphatic heterocycles. The third kappa shape index (κ3) is 6.13. The average molecular weight is 395 g/mol. The van der Waals surface area contributed by atoms with Crippen LogP contribution in [0.15, 0.2) is 29.3 Å². The fourth-order valence-corrected chi connectivity index (χ4v) is 3.23. The number of nitrogens with one attached hydrogen (secondary N) is 2. The molecular formula is C19H27ClN4O3. The number of piperidine rings is 1. The maximum absolute atomic E-state index is 12.1. The Bertz CT molecular complexity index is 673. The molecule has 1 aromatic carbocycles. The Morgan fingerprint density at radius 1 is 1.22 bits per heavy atom. The van der Waals surface area contributed by atoms with Crippen LogP contribution in [-0.2, 0) is 9.53 Å². The number of carbonyl (C=O) groups excluding carboxylic acids is 2. The van der Waals surface area contributed by atoms with Crippen LogP contribution >= 0.6 is 11.6 Å². The number of esters is 1. The zero-order chi connectivity index (χ0) is 19.6. The summed E-state index contributed by atoms with van der Waals surface area (Å²) in [6.07, 6.45) is 1.51. The molecule has 0 radical (unpaired) electrons. The van der Waals surface area contributed by atoms with Crippen molar-refractivity contribution in [3.63, 3.8) is 0 Å². The van der Waals surface area contributed by atoms with Gasteiger partial charge in [0.05, 0.1) is 23.1 Å². The molecule has 148 valence electrons. The molecule has 0 saturated carbocycles. The number of aliphatic imine (C=N–C) groups is 1. The number of ether oxygens (including phenoxy) is 1. The summed E-state index contributed by atoms with van der Waals surface area (Å²) in [7, 11) is 1.72. The van der Waals surface area contributed by atoms with Crippen molar-refractivity contribution >= 4 is 29.4 Å². The van der Waals surface area contributed by atoms with Gasteiger partial charge in [-0.1, -0.05) is 23.7 Å². The topological polar surface area (TPSA) is 83.0 Å². The fraction of sp³-hybridized carbons (Fsp3) is 0.526. The van der Waals surface area contributed by atoms with E-state index in [0.717, 1.165) is 31.9 Å². The van der Waals surface area contributed by atoms with Crippen LogP contribution in [0, 0.1) is 5.92 Å². The highest BCUT2D eigenvalue weighted by molar-refractivity contribution is 6.33. The Kier molecular flexibility index (Phi) is 8.39. The van der Waals surface area contributed by atoms with E-state index in [1.807, 2.05) is 6.92 Å². The van der Waals surface area contributed by atoms with Crippen molar-refractivity contribution in [1.29, 1.82) is 0 Å². The Morgan fingerprint density at radius 2 is 1.89 bits per heavy atom. The molecular weight excluding hydrogens is 368 g/mol. The summed E-state index contributed by atoms with van der Waals surface area (Å²) < 4.78 is 5.10. The largest absolute Gasteiger partial charge is 0.466 e. The van der Waals surface area contributed by atoms with Gasteiger partial charge in [0, 0.05) is 33.2 Å². The Balaban J connectivity index is 1.73. The first-order valence-electron chi connectivity index (χ1n) is 9.21. The summed E-state index contributed by atoms with van der Waals surface area (Å²) in [6, 6.07) is 6.95. The van der Waals surface area contributed by atoms with Crippen LogP contribution in [0.5, 0.6) is 0 Å². The normalized spacial score (nSPS) is 15.4. The van der Waals surface area contributed by atoms with E-state index in [2.05, 4.69) is 20.5 Å². The van der Waals surface area contributed by atoms with E-state index < -0.39 is 0 Å². The van der Waals surface area contributed by atoms with Crippen molar-refractivity contribution < 1.29 is 14.3 Å². The number of likely N-dealkylation sites (tertiary alicyclic amines) is 1. The second kappa shape index (κ2) is 10.8. The Labute approximate surface area is 165 Å². The third-order valence-electron chi connectivity index (χ3n) is 4.44. The lowest BCUT2D eigenvalue weighted by Crippen LogP contribution is -2.48. The van der Waals surface area contributed by atoms with Gasteiger partial charge in [-0.15, -0.1) is 0 Å². The van der Waals surface area contributed by atoms with Gasteiger partial charge in [0.15, 0.2) is 5.96 Å². The number of rotatable bonds is 6. The third-order valence-corrected chi connectivity index (χ3v) is 4.77. The number of amides is 1. The van der Waals surface area contributed by atoms with Crippen LogP contribution in [0.3, 0.4) is 0 Å². The minimum atomic E-state index is -0.201. The zero-order valence-corrected chi connectivity index (χ0v) is 16.6. The van der Waals surface area contributed by atoms with Crippen LogP contribution in [0.25, 0.3) is 0 Å². The lowest BCUT2D eigenvalue weighted by Gasteiger charge is -2.33. The number of hydrogen-bond acceptors (Lipinski definition) is 4. The summed E-state index contributed by atoms with van der Waals surface area (Å²) in [6.45, 7) is 4.72. The van der Waals surface area contributed by atoms with Crippen molar-refractivity contribution in [2.45, 2.75) is 19.8 Å². The summed E-state index contributed by atoms with van der Waals surface area (Å²) in [5.74, 6) is 0.425. The van der Waals surface area contributed by atoms with Crippen LogP contribution in [0.1, 0.15) is 30.1 Å². The molecule has 1 saturated heterocycles. The zero-order valence-electron chi connectivity index (χ0n) is 15.8. The smallest absolute Gasteiger partial charge is 0.309 e. The maximum atomic E-state index is 12.1. The van der Waals surface area contributed by atoms with Crippen molar-refractivity contribution in [3.8, 4) is 0 Å². The molecule has 1 aromatic rings. The van der Waals surface area contributed by atoms with Crippen molar-refractivity contribution in [1.82, 2.24) is 15.5 Å². The molecule has 1 heterocycles. The maximum Gasteiger partial charge on any atom is 0.309 e. The minimum Gasteiger partial charge on any atom is -0.466 e. The molecule has 1 aliphatic rings. The molecule has 0 atom stereocenters. The van der Waals surface area contributed by atoms with Crippen LogP contribution in [0.4, 0.5) is 0 Å². The quantitative estimate of drug-likeness (QED) is 0.333. The highest BCUT2D eigenvalue weighted by atomic mass is 35.5. The monoisotopic (exact) mass is 394 g/mol. The van der Waals surface area contributed by atoms with Gasteiger partial charge in [0.2, 0.25) is 0 Å². The van der Waals surface area contributed by atoms with E-state index in [9.17, 15) is 9.59 Å². The predicted molar refractivity (Wildman–Crippen MR) is 106 cm³/mol. The summed E-state index contributed by atoms with van der Waals surface area (Å²) in [4.78, 5) is 30.4. The number of nitrogens with zero attached hydrogens (tertiary/aromatic N) is 2. The molecule has 2 N–H and O–H groups in total. The lowest BCUT2D eigenvalue weighted by molar-refractivity contribution is -0.149. The summed E-state index contributed by atoms with van der Waals surface area (Å²) in [5, 5.41) is 6.51. The van der Waals surface area contributed by atoms with Gasteiger partial charge in [0.1, 0.15) is 0 Å². The van der Waals surface area contributed by atoms with Crippen molar-refractivity contribution in [3.05, 3.63) is 34.9 Å². The van der Waals surface area contributed by atoms with E-state index in [1.54, 1.807) is 31.3 Å². The molecule has 0 unspecified atom stereocenters. The second-order valence-corrected chi connectivity index (χ2v) is 6.63. The average Bonchev–Trinajstić information content (AvgIpc) is 2.68. The van der Waals surface area contributed by atoms with Crippen molar-refractivity contribution in [2.75, 3.05) is 39.8 Å². The van der Waals surface area contributed by atoms with Crippen LogP contribution in [0.2, 0.25) is 5.02 Å². The van der Waals surface area contributed by atoms with E-state index in [1.165, 1.54) is 0 Å². The molecule has 0 aromatic heterocycles. The van der Waals surface area contributed by atoms with Gasteiger partial charge >= 0.3 is 5.97 Å². The second-order valence-electron chi connectivity index (χ2n) is 6.22. The van der Waals surface area contributed by atoms with E-state index in [4.69, 9.17) is 16.3 Å². The van der Waals surface area contributed by atoms with Gasteiger partial charge in [0.25, 0.3) is 5.91 Å². The van der Waals surface area contributed by atoms with E-state index in [0.29, 0.717) is 30.3 Å². The molecule has 2 rings (SSSR count). The van der Waals surface area contributed by atoms with Gasteiger partial charge in [-0.05, 0) is 31.9 Å². The molecule has 27 heavy (non-hydrogen) atoms. The van der Waals surface area contributed by atoms with E-state index >= 15 is 0 Å². The van der Waals surface area contributed by atoms with Crippen molar-refractivity contribution in [2.24, 2.45) is 10.9 Å². The highest BCUT2D eigenvalue weighted by Gasteiger charge is 2.27. The highest BCUT2D eigenvalue weighted by Crippen LogP contribution is 2.18. The summed E-state index contributed by atoms with van der Waals surface area (Å²) in [5.41, 5.74) is 0.463. The van der Waals surface area contributed by atoms with Gasteiger partial charge in [-0.25, -0.2) is 0 Å². The molecule has 0 aliphatic carbocycles. The van der Waals surface area contributed by atoms with Crippen LogP contribution < -0.4 is 10.6 Å². The molecule has 7 nitrogen and oxygen atoms in total. The molecule has 0 bridgehead atoms. The first-order chi connectivity index (χ1) is 13.1. The van der Waals surface area contributed by atoms with Gasteiger partial charge in [-0.3, -0.25) is 14.6 Å². The first kappa shape index (κ1) is 21.0. The SMILES string of the molecule is CCOC(=O)C1CCN(C(=NC)NCCNC(=O)c2ccccc2Cl)CC1. The molecule has 0 spiro atoms. The number of hydrogen-bond donors (Lipinski definition) is 2. The number of carbonyl (C=O) groups is 2. The number of benzene rings is 1. The molecule has 1 amide bonds. The number of halogens is 1. The molecule has 8 heteroatoms. The predicted octanol–water partition coefficient (Wildman–Crippen LogP) is 1.92. The number of guanidine groups is 1. The Hall–Kier alpha value is -2.28. The van der Waals surface area contributed by atoms with Gasteiger partial charge in [-0.2, -0.15) is 0 Å². The lowest BCUT2D eigenvalue weighted by atomic mass is 9.97. The summed E-state index contributed by atoms with van der Waals surface area (Å²) >= 11 is 6.02.